The molecule has 0 spiro atoms. The van der Waals surface area contributed by atoms with Crippen molar-refractivity contribution in [3.8, 4) is 0 Å². The van der Waals surface area contributed by atoms with Crippen molar-refractivity contribution in [2.75, 3.05) is 19.1 Å². The van der Waals surface area contributed by atoms with Crippen molar-refractivity contribution in [2.24, 2.45) is 11.8 Å². The van der Waals surface area contributed by atoms with Crippen molar-refractivity contribution in [3.05, 3.63) is 101 Å². The second-order valence-electron chi connectivity index (χ2n) is 8.31. The summed E-state index contributed by atoms with van der Waals surface area (Å²) < 4.78 is 10.5. The van der Waals surface area contributed by atoms with Crippen LogP contribution >= 0.6 is 0 Å². The van der Waals surface area contributed by atoms with Gasteiger partial charge < -0.3 is 14.4 Å². The van der Waals surface area contributed by atoms with Crippen molar-refractivity contribution in [1.29, 1.82) is 0 Å². The Labute approximate surface area is 187 Å². The highest BCUT2D eigenvalue weighted by Crippen LogP contribution is 2.57. The summed E-state index contributed by atoms with van der Waals surface area (Å²) in [5.74, 6) is -2.22. The van der Waals surface area contributed by atoms with Crippen LogP contribution in [-0.2, 0) is 25.5 Å². The molecule has 2 aliphatic heterocycles. The molecule has 0 saturated carbocycles. The van der Waals surface area contributed by atoms with Crippen molar-refractivity contribution in [1.82, 2.24) is 0 Å². The summed E-state index contributed by atoms with van der Waals surface area (Å²) in [7, 11) is 2.76. The summed E-state index contributed by atoms with van der Waals surface area (Å²) in [4.78, 5) is 28.7. The fraction of sp³-hybridized carbons (Fsp3) is 0.259. The number of carbonyl (C=O) groups is 2. The SMILES string of the molecule is COC(=O)[C@H]1[C@H](C(=O)OC)[C@H](c2ccccc2)N2c3ccccc3Cc3ccccc3[C@H]12. The number of nitrogens with zero attached hydrogens (tertiary/aromatic N) is 1. The molecule has 1 saturated heterocycles. The zero-order valence-corrected chi connectivity index (χ0v) is 18.1. The molecule has 3 aromatic carbocycles. The van der Waals surface area contributed by atoms with Crippen molar-refractivity contribution < 1.29 is 19.1 Å². The second-order valence-corrected chi connectivity index (χ2v) is 8.31. The molecule has 2 aliphatic rings. The summed E-state index contributed by atoms with van der Waals surface area (Å²) in [6, 6.07) is 25.6. The minimum atomic E-state index is -0.709. The van der Waals surface area contributed by atoms with Crippen LogP contribution in [0.3, 0.4) is 0 Å². The number of hydrogen-bond acceptors (Lipinski definition) is 5. The number of carbonyl (C=O) groups excluding carboxylic acids is 2. The normalized spacial score (nSPS) is 23.4. The second kappa shape index (κ2) is 8.15. The van der Waals surface area contributed by atoms with Gasteiger partial charge in [-0.3, -0.25) is 9.59 Å². The van der Waals surface area contributed by atoms with Crippen LogP contribution in [0.25, 0.3) is 0 Å². The van der Waals surface area contributed by atoms with Gasteiger partial charge >= 0.3 is 11.9 Å². The average Bonchev–Trinajstić information content (AvgIpc) is 3.12. The Morgan fingerprint density at radius 3 is 1.97 bits per heavy atom. The monoisotopic (exact) mass is 427 g/mol. The van der Waals surface area contributed by atoms with Gasteiger partial charge in [0.25, 0.3) is 0 Å². The molecule has 0 unspecified atom stereocenters. The molecule has 0 amide bonds. The fourth-order valence-corrected chi connectivity index (χ4v) is 5.50. The van der Waals surface area contributed by atoms with E-state index in [1.807, 2.05) is 54.6 Å². The number of hydrogen-bond donors (Lipinski definition) is 0. The van der Waals surface area contributed by atoms with Gasteiger partial charge in [0.15, 0.2) is 0 Å². The lowest BCUT2D eigenvalue weighted by atomic mass is 9.81. The Morgan fingerprint density at radius 2 is 1.28 bits per heavy atom. The van der Waals surface area contributed by atoms with Crippen LogP contribution < -0.4 is 4.90 Å². The van der Waals surface area contributed by atoms with E-state index in [0.29, 0.717) is 0 Å². The Balaban J connectivity index is 1.83. The Kier molecular flexibility index (Phi) is 5.17. The maximum atomic E-state index is 13.3. The first-order chi connectivity index (χ1) is 15.7. The van der Waals surface area contributed by atoms with Gasteiger partial charge in [0.2, 0.25) is 0 Å². The summed E-state index contributed by atoms with van der Waals surface area (Å²) in [5.41, 5.74) is 5.36. The molecule has 0 aliphatic carbocycles. The quantitative estimate of drug-likeness (QED) is 0.577. The van der Waals surface area contributed by atoms with Gasteiger partial charge in [0, 0.05) is 5.69 Å². The van der Waals surface area contributed by atoms with E-state index < -0.39 is 23.8 Å². The highest BCUT2D eigenvalue weighted by Gasteiger charge is 2.58. The molecule has 5 heteroatoms. The molecule has 0 aromatic heterocycles. The predicted molar refractivity (Wildman–Crippen MR) is 121 cm³/mol. The molecule has 0 N–H and O–H groups in total. The largest absolute Gasteiger partial charge is 0.469 e. The van der Waals surface area contributed by atoms with Gasteiger partial charge in [-0.05, 0) is 34.7 Å². The zero-order valence-electron chi connectivity index (χ0n) is 18.1. The summed E-state index contributed by atoms with van der Waals surface area (Å²) in [6.45, 7) is 0. The van der Waals surface area contributed by atoms with Gasteiger partial charge in [-0.2, -0.15) is 0 Å². The highest BCUT2D eigenvalue weighted by molar-refractivity contribution is 5.87. The first-order valence-electron chi connectivity index (χ1n) is 10.8. The molecule has 0 bridgehead atoms. The highest BCUT2D eigenvalue weighted by atomic mass is 16.5. The number of esters is 2. The van der Waals surface area contributed by atoms with Crippen LogP contribution in [0, 0.1) is 11.8 Å². The van der Waals surface area contributed by atoms with E-state index in [9.17, 15) is 9.59 Å². The van der Waals surface area contributed by atoms with Gasteiger partial charge in [-0.15, -0.1) is 0 Å². The Hall–Kier alpha value is -3.60. The maximum Gasteiger partial charge on any atom is 0.312 e. The van der Waals surface area contributed by atoms with Crippen LogP contribution in [0.15, 0.2) is 78.9 Å². The molecule has 3 aromatic rings. The fourth-order valence-electron chi connectivity index (χ4n) is 5.50. The number of para-hydroxylation sites is 1. The van der Waals surface area contributed by atoms with Crippen LogP contribution in [0.2, 0.25) is 0 Å². The smallest absolute Gasteiger partial charge is 0.312 e. The lowest BCUT2D eigenvalue weighted by Gasteiger charge is -2.34. The van der Waals surface area contributed by atoms with Crippen molar-refractivity contribution in [3.63, 3.8) is 0 Å². The summed E-state index contributed by atoms with van der Waals surface area (Å²) in [5, 5.41) is 0. The van der Waals surface area contributed by atoms with E-state index in [-0.39, 0.29) is 12.1 Å². The summed E-state index contributed by atoms with van der Waals surface area (Å²) in [6.07, 6.45) is 0.762. The standard InChI is InChI=1S/C27H25NO4/c1-31-26(29)22-23(27(30)32-2)25-20-14-8-6-12-18(20)16-19-13-7-9-15-21(19)28(25)24(22)17-10-4-3-5-11-17/h3-15,22-25H,16H2,1-2H3/t22-,23-,24-,25+/m0/s1. The molecule has 32 heavy (non-hydrogen) atoms. The van der Waals surface area contributed by atoms with Crippen LogP contribution in [0.1, 0.15) is 34.3 Å². The number of methoxy groups -OCH3 is 2. The van der Waals surface area contributed by atoms with Gasteiger partial charge in [0.1, 0.15) is 0 Å². The van der Waals surface area contributed by atoms with Crippen LogP contribution in [0.4, 0.5) is 5.69 Å². The zero-order chi connectivity index (χ0) is 22.2. The van der Waals surface area contributed by atoms with E-state index in [1.165, 1.54) is 14.2 Å². The van der Waals surface area contributed by atoms with Crippen LogP contribution in [-0.4, -0.2) is 26.2 Å². The topological polar surface area (TPSA) is 55.8 Å². The molecule has 1 fully saturated rings. The Morgan fingerprint density at radius 1 is 0.719 bits per heavy atom. The minimum absolute atomic E-state index is 0.350. The number of anilines is 1. The number of fused-ring (bicyclic) bond motifs is 5. The molecule has 5 rings (SSSR count). The summed E-state index contributed by atoms with van der Waals surface area (Å²) >= 11 is 0. The lowest BCUT2D eigenvalue weighted by molar-refractivity contribution is -0.157. The molecule has 162 valence electrons. The number of ether oxygens (including phenoxy) is 2. The van der Waals surface area contributed by atoms with Crippen LogP contribution in [0.5, 0.6) is 0 Å². The van der Waals surface area contributed by atoms with Gasteiger partial charge in [-0.25, -0.2) is 0 Å². The Bertz CT molecular complexity index is 1160. The predicted octanol–water partition coefficient (Wildman–Crippen LogP) is 4.47. The first kappa shape index (κ1) is 20.3. The van der Waals surface area contributed by atoms with E-state index in [0.717, 1.165) is 34.4 Å². The first-order valence-corrected chi connectivity index (χ1v) is 10.8. The molecule has 0 radical (unpaired) electrons. The van der Waals surface area contributed by atoms with E-state index in [4.69, 9.17) is 9.47 Å². The third-order valence-electron chi connectivity index (χ3n) is 6.78. The minimum Gasteiger partial charge on any atom is -0.469 e. The van der Waals surface area contributed by atoms with E-state index in [2.05, 4.69) is 29.2 Å². The molecule has 2 heterocycles. The third-order valence-corrected chi connectivity index (χ3v) is 6.78. The molecule has 5 nitrogen and oxygen atoms in total. The van der Waals surface area contributed by atoms with E-state index >= 15 is 0 Å². The van der Waals surface area contributed by atoms with Crippen molar-refractivity contribution >= 4 is 17.6 Å². The lowest BCUT2D eigenvalue weighted by Crippen LogP contribution is -2.32. The molecule has 4 atom stereocenters. The van der Waals surface area contributed by atoms with Gasteiger partial charge in [-0.1, -0.05) is 72.8 Å². The van der Waals surface area contributed by atoms with Gasteiger partial charge in [0.05, 0.1) is 38.1 Å². The molecular formula is C27H25NO4. The van der Waals surface area contributed by atoms with Crippen molar-refractivity contribution in [2.45, 2.75) is 18.5 Å². The third kappa shape index (κ3) is 3.08. The number of rotatable bonds is 3. The number of benzene rings is 3. The maximum absolute atomic E-state index is 13.3. The van der Waals surface area contributed by atoms with E-state index in [1.54, 1.807) is 0 Å². The average molecular weight is 428 g/mol. The molecular weight excluding hydrogens is 402 g/mol.